The van der Waals surface area contributed by atoms with E-state index in [9.17, 15) is 18.3 Å². The SMILES string of the molecule is Oc1cc(OC(F)F)cc(-c2ccc(F)c(Cl)c2)c1. The average Bonchev–Trinajstić information content (AvgIpc) is 2.31. The number of alkyl halides is 2. The largest absolute Gasteiger partial charge is 0.508 e. The van der Waals surface area contributed by atoms with Crippen molar-refractivity contribution in [3.63, 3.8) is 0 Å². The zero-order chi connectivity index (χ0) is 14.0. The van der Waals surface area contributed by atoms with Crippen molar-refractivity contribution in [2.24, 2.45) is 0 Å². The van der Waals surface area contributed by atoms with Crippen LogP contribution < -0.4 is 4.74 Å². The monoisotopic (exact) mass is 288 g/mol. The fourth-order valence-electron chi connectivity index (χ4n) is 1.60. The molecule has 0 aliphatic rings. The number of benzene rings is 2. The van der Waals surface area contributed by atoms with Gasteiger partial charge in [0, 0.05) is 6.07 Å². The highest BCUT2D eigenvalue weighted by Gasteiger charge is 2.09. The van der Waals surface area contributed by atoms with E-state index in [2.05, 4.69) is 4.74 Å². The van der Waals surface area contributed by atoms with E-state index in [4.69, 9.17) is 11.6 Å². The molecule has 0 heterocycles. The number of phenolic OH excluding ortho intramolecular Hbond substituents is 1. The maximum Gasteiger partial charge on any atom is 0.387 e. The summed E-state index contributed by atoms with van der Waals surface area (Å²) in [5.74, 6) is -1.02. The lowest BCUT2D eigenvalue weighted by atomic mass is 10.1. The van der Waals surface area contributed by atoms with Gasteiger partial charge in [0.05, 0.1) is 5.02 Å². The van der Waals surface area contributed by atoms with Crippen LogP contribution in [0.5, 0.6) is 11.5 Å². The number of ether oxygens (including phenoxy) is 1. The first-order valence-corrected chi connectivity index (χ1v) is 5.58. The lowest BCUT2D eigenvalue weighted by Crippen LogP contribution is -2.01. The second-order valence-electron chi connectivity index (χ2n) is 3.72. The van der Waals surface area contributed by atoms with Crippen LogP contribution in [0.4, 0.5) is 13.2 Å². The highest BCUT2D eigenvalue weighted by atomic mass is 35.5. The number of hydrogen-bond donors (Lipinski definition) is 1. The molecule has 2 aromatic rings. The van der Waals surface area contributed by atoms with Gasteiger partial charge in [-0.05, 0) is 35.4 Å². The van der Waals surface area contributed by atoms with Crippen LogP contribution in [0.25, 0.3) is 11.1 Å². The Hall–Kier alpha value is -1.88. The third kappa shape index (κ3) is 3.32. The number of aromatic hydroxyl groups is 1. The fraction of sp³-hybridized carbons (Fsp3) is 0.0769. The van der Waals surface area contributed by atoms with E-state index in [1.807, 2.05) is 0 Å². The topological polar surface area (TPSA) is 29.5 Å². The first-order chi connectivity index (χ1) is 8.95. The second kappa shape index (κ2) is 5.40. The van der Waals surface area contributed by atoms with Gasteiger partial charge >= 0.3 is 6.61 Å². The number of halogens is 4. The van der Waals surface area contributed by atoms with E-state index in [1.165, 1.54) is 24.3 Å². The van der Waals surface area contributed by atoms with Gasteiger partial charge < -0.3 is 9.84 Å². The summed E-state index contributed by atoms with van der Waals surface area (Å²) in [7, 11) is 0. The molecule has 0 amide bonds. The minimum absolute atomic E-state index is 0.0998. The number of hydrogen-bond acceptors (Lipinski definition) is 2. The first-order valence-electron chi connectivity index (χ1n) is 5.20. The van der Waals surface area contributed by atoms with Crippen LogP contribution in [0.15, 0.2) is 36.4 Å². The van der Waals surface area contributed by atoms with Crippen molar-refractivity contribution in [3.8, 4) is 22.6 Å². The van der Waals surface area contributed by atoms with Gasteiger partial charge in [-0.2, -0.15) is 8.78 Å². The summed E-state index contributed by atoms with van der Waals surface area (Å²) in [5.41, 5.74) is 0.860. The third-order valence-corrected chi connectivity index (χ3v) is 2.66. The van der Waals surface area contributed by atoms with E-state index in [0.717, 1.165) is 12.1 Å². The average molecular weight is 289 g/mol. The van der Waals surface area contributed by atoms with Crippen molar-refractivity contribution in [1.82, 2.24) is 0 Å². The summed E-state index contributed by atoms with van der Waals surface area (Å²) in [4.78, 5) is 0. The quantitative estimate of drug-likeness (QED) is 0.904. The smallest absolute Gasteiger partial charge is 0.387 e. The Morgan fingerprint density at radius 1 is 1.05 bits per heavy atom. The molecule has 0 fully saturated rings. The zero-order valence-corrected chi connectivity index (χ0v) is 10.2. The maximum absolute atomic E-state index is 13.0. The van der Waals surface area contributed by atoms with Crippen molar-refractivity contribution in [2.75, 3.05) is 0 Å². The Labute approximate surface area is 112 Å². The molecule has 6 heteroatoms. The van der Waals surface area contributed by atoms with Crippen molar-refractivity contribution in [2.45, 2.75) is 6.61 Å². The molecular formula is C13H8ClF3O2. The van der Waals surface area contributed by atoms with Crippen molar-refractivity contribution in [3.05, 3.63) is 47.2 Å². The lowest BCUT2D eigenvalue weighted by Gasteiger charge is -2.09. The van der Waals surface area contributed by atoms with Crippen molar-refractivity contribution < 1.29 is 23.0 Å². The molecule has 0 radical (unpaired) electrons. The molecule has 0 saturated carbocycles. The van der Waals surface area contributed by atoms with E-state index < -0.39 is 12.4 Å². The Bertz CT molecular complexity index is 602. The Balaban J connectivity index is 2.43. The predicted octanol–water partition coefficient (Wildman–Crippen LogP) is 4.45. The summed E-state index contributed by atoms with van der Waals surface area (Å²) in [6, 6.07) is 7.59. The van der Waals surface area contributed by atoms with Gasteiger partial charge in [-0.3, -0.25) is 0 Å². The predicted molar refractivity (Wildman–Crippen MR) is 65.1 cm³/mol. The Kier molecular flexibility index (Phi) is 3.85. The van der Waals surface area contributed by atoms with Crippen LogP contribution in [0.2, 0.25) is 5.02 Å². The molecule has 0 aromatic heterocycles. The maximum atomic E-state index is 13.0. The van der Waals surface area contributed by atoms with Gasteiger partial charge in [-0.25, -0.2) is 4.39 Å². The normalized spacial score (nSPS) is 10.8. The van der Waals surface area contributed by atoms with Crippen LogP contribution >= 0.6 is 11.6 Å². The lowest BCUT2D eigenvalue weighted by molar-refractivity contribution is -0.0498. The molecule has 0 aliphatic heterocycles. The van der Waals surface area contributed by atoms with E-state index in [0.29, 0.717) is 11.1 Å². The van der Waals surface area contributed by atoms with Crippen LogP contribution in [-0.2, 0) is 0 Å². The van der Waals surface area contributed by atoms with E-state index in [-0.39, 0.29) is 16.5 Å². The summed E-state index contributed by atoms with van der Waals surface area (Å²) in [5, 5.41) is 9.36. The molecule has 100 valence electrons. The highest BCUT2D eigenvalue weighted by Crippen LogP contribution is 2.31. The van der Waals surface area contributed by atoms with Crippen molar-refractivity contribution >= 4 is 11.6 Å². The molecule has 0 atom stereocenters. The van der Waals surface area contributed by atoms with Crippen LogP contribution in [0.1, 0.15) is 0 Å². The van der Waals surface area contributed by atoms with Gasteiger partial charge in [-0.15, -0.1) is 0 Å². The summed E-state index contributed by atoms with van der Waals surface area (Å²) >= 11 is 5.64. The standard InChI is InChI=1S/C13H8ClF3O2/c14-11-5-7(1-2-12(11)15)8-3-9(18)6-10(4-8)19-13(16)17/h1-6,13,18H. The minimum atomic E-state index is -2.99. The molecular weight excluding hydrogens is 281 g/mol. The summed E-state index contributed by atoms with van der Waals surface area (Å²) in [6.07, 6.45) is 0. The molecule has 2 rings (SSSR count). The van der Waals surface area contributed by atoms with Gasteiger partial charge in [0.2, 0.25) is 0 Å². The van der Waals surface area contributed by atoms with Crippen LogP contribution in [0, 0.1) is 5.82 Å². The van der Waals surface area contributed by atoms with Crippen molar-refractivity contribution in [1.29, 1.82) is 0 Å². The molecule has 1 N–H and O–H groups in total. The van der Waals surface area contributed by atoms with Crippen LogP contribution in [-0.4, -0.2) is 11.7 Å². The van der Waals surface area contributed by atoms with Gasteiger partial charge in [-0.1, -0.05) is 17.7 Å². The summed E-state index contributed by atoms with van der Waals surface area (Å²) in [6.45, 7) is -2.99. The molecule has 2 aromatic carbocycles. The first kappa shape index (κ1) is 13.5. The Morgan fingerprint density at radius 2 is 1.79 bits per heavy atom. The zero-order valence-electron chi connectivity index (χ0n) is 9.41. The third-order valence-electron chi connectivity index (χ3n) is 2.37. The van der Waals surface area contributed by atoms with Gasteiger partial charge in [0.25, 0.3) is 0 Å². The molecule has 0 bridgehead atoms. The minimum Gasteiger partial charge on any atom is -0.508 e. The van der Waals surface area contributed by atoms with Crippen LogP contribution in [0.3, 0.4) is 0 Å². The van der Waals surface area contributed by atoms with E-state index in [1.54, 1.807) is 0 Å². The number of phenols is 1. The molecule has 0 aliphatic carbocycles. The molecule has 0 spiro atoms. The molecule has 2 nitrogen and oxygen atoms in total. The van der Waals surface area contributed by atoms with Gasteiger partial charge in [0.1, 0.15) is 17.3 Å². The molecule has 19 heavy (non-hydrogen) atoms. The van der Waals surface area contributed by atoms with Gasteiger partial charge in [0.15, 0.2) is 0 Å². The van der Waals surface area contributed by atoms with E-state index >= 15 is 0 Å². The fourth-order valence-corrected chi connectivity index (χ4v) is 1.78. The highest BCUT2D eigenvalue weighted by molar-refractivity contribution is 6.31. The number of rotatable bonds is 3. The molecule has 0 saturated heterocycles. The second-order valence-corrected chi connectivity index (χ2v) is 4.13. The Morgan fingerprint density at radius 3 is 2.42 bits per heavy atom. The summed E-state index contributed by atoms with van der Waals surface area (Å²) < 4.78 is 41.5. The molecule has 0 unspecified atom stereocenters.